The quantitative estimate of drug-likeness (QED) is 0.0938. The number of imidazole rings is 1. The Balaban J connectivity index is 0.978. The fourth-order valence-electron chi connectivity index (χ4n) is 7.38. The lowest BCUT2D eigenvalue weighted by Crippen LogP contribution is -2.35. The van der Waals surface area contributed by atoms with Crippen LogP contribution in [-0.4, -0.2) is 74.7 Å². The second kappa shape index (κ2) is 14.2. The van der Waals surface area contributed by atoms with E-state index in [0.717, 1.165) is 110 Å². The zero-order valence-electron chi connectivity index (χ0n) is 30.8. The Morgan fingerprint density at radius 2 is 1.83 bits per heavy atom. The molecule has 52 heavy (non-hydrogen) atoms. The molecule has 0 bridgehead atoms. The molecule has 2 aromatic carbocycles. The number of pyridine rings is 1. The summed E-state index contributed by atoms with van der Waals surface area (Å²) in [6.45, 7) is 16.5. The summed E-state index contributed by atoms with van der Waals surface area (Å²) in [6, 6.07) is 17.5. The van der Waals surface area contributed by atoms with Gasteiger partial charge >= 0.3 is 0 Å². The molecule has 2 atom stereocenters. The van der Waals surface area contributed by atoms with Gasteiger partial charge in [0.05, 0.1) is 35.2 Å². The third kappa shape index (κ3) is 7.23. The van der Waals surface area contributed by atoms with Gasteiger partial charge in [0.2, 0.25) is 0 Å². The van der Waals surface area contributed by atoms with Crippen LogP contribution >= 0.6 is 11.6 Å². The zero-order valence-corrected chi connectivity index (χ0v) is 32.5. The summed E-state index contributed by atoms with van der Waals surface area (Å²) in [5, 5.41) is 9.53. The van der Waals surface area contributed by atoms with Gasteiger partial charge in [0.1, 0.15) is 24.1 Å². The van der Waals surface area contributed by atoms with Gasteiger partial charge in [-0.15, -0.1) is 10.2 Å². The number of fused-ring (bicyclic) bond motifs is 2. The summed E-state index contributed by atoms with van der Waals surface area (Å²) in [7, 11) is -1.17. The monoisotopic (exact) mass is 741 g/mol. The van der Waals surface area contributed by atoms with Crippen LogP contribution in [0.3, 0.4) is 0 Å². The number of ether oxygens (including phenoxy) is 4. The molecule has 0 N–H and O–H groups in total. The molecule has 6 heterocycles. The van der Waals surface area contributed by atoms with Crippen LogP contribution in [-0.2, 0) is 35.1 Å². The smallest absolute Gasteiger partial charge is 0.292 e. The van der Waals surface area contributed by atoms with Crippen molar-refractivity contribution in [3.05, 3.63) is 82.7 Å². The van der Waals surface area contributed by atoms with Crippen LogP contribution in [0.2, 0.25) is 30.7 Å². The topological polar surface area (TPSA) is 102 Å². The van der Waals surface area contributed by atoms with Crippen LogP contribution in [0.4, 0.5) is 0 Å². The van der Waals surface area contributed by atoms with Gasteiger partial charge in [0.15, 0.2) is 17.3 Å². The molecule has 3 aliphatic rings. The van der Waals surface area contributed by atoms with Crippen molar-refractivity contribution >= 4 is 30.7 Å². The summed E-state index contributed by atoms with van der Waals surface area (Å²) >= 11 is 6.10. The number of benzene rings is 2. The number of para-hydroxylation sites is 1. The third-order valence-electron chi connectivity index (χ3n) is 10.6. The molecule has 8 rings (SSSR count). The number of hydrogen-bond donors (Lipinski definition) is 0. The second-order valence-corrected chi connectivity index (χ2v) is 21.8. The van der Waals surface area contributed by atoms with Gasteiger partial charge in [0.25, 0.3) is 5.79 Å². The van der Waals surface area contributed by atoms with Crippen molar-refractivity contribution in [1.82, 2.24) is 34.2 Å². The number of likely N-dealkylation sites (tertiary alicyclic amines) is 1. The number of piperidine rings is 1. The van der Waals surface area contributed by atoms with Crippen molar-refractivity contribution in [2.45, 2.75) is 96.4 Å². The van der Waals surface area contributed by atoms with Gasteiger partial charge in [-0.25, -0.2) is 4.98 Å². The first kappa shape index (κ1) is 35.2. The van der Waals surface area contributed by atoms with E-state index >= 15 is 0 Å². The zero-order chi connectivity index (χ0) is 36.0. The Morgan fingerprint density at radius 1 is 1.00 bits per heavy atom. The highest BCUT2D eigenvalue weighted by Crippen LogP contribution is 2.49. The Hall–Kier alpha value is -3.81. The molecule has 0 aliphatic carbocycles. The minimum absolute atomic E-state index is 0.219. The lowest BCUT2D eigenvalue weighted by molar-refractivity contribution is -0.0722. The molecular formula is C39H48ClN7O4Si. The maximum atomic E-state index is 6.53. The fourth-order valence-corrected chi connectivity index (χ4v) is 8.25. The van der Waals surface area contributed by atoms with E-state index in [1.807, 2.05) is 32.0 Å². The Kier molecular flexibility index (Phi) is 9.62. The third-order valence-corrected chi connectivity index (χ3v) is 12.5. The van der Waals surface area contributed by atoms with Crippen molar-refractivity contribution in [3.8, 4) is 22.9 Å². The number of hydrogen-bond acceptors (Lipinski definition) is 9. The van der Waals surface area contributed by atoms with E-state index in [2.05, 4.69) is 79.2 Å². The molecular weight excluding hydrogens is 694 g/mol. The van der Waals surface area contributed by atoms with Gasteiger partial charge < -0.3 is 23.5 Å². The van der Waals surface area contributed by atoms with Crippen LogP contribution in [0.1, 0.15) is 55.0 Å². The van der Waals surface area contributed by atoms with Gasteiger partial charge in [-0.3, -0.25) is 14.5 Å². The lowest BCUT2D eigenvalue weighted by Gasteiger charge is -2.33. The van der Waals surface area contributed by atoms with Gasteiger partial charge in [-0.05, 0) is 87.6 Å². The summed E-state index contributed by atoms with van der Waals surface area (Å²) in [4.78, 5) is 12.3. The highest BCUT2D eigenvalue weighted by Gasteiger charge is 2.42. The molecule has 13 heteroatoms. The van der Waals surface area contributed by atoms with E-state index in [9.17, 15) is 0 Å². The first-order valence-corrected chi connectivity index (χ1v) is 22.6. The van der Waals surface area contributed by atoms with Crippen LogP contribution in [0.5, 0.6) is 11.5 Å². The first-order valence-electron chi connectivity index (χ1n) is 18.5. The van der Waals surface area contributed by atoms with Crippen molar-refractivity contribution in [1.29, 1.82) is 0 Å². The number of halogens is 1. The van der Waals surface area contributed by atoms with Crippen LogP contribution in [0, 0.1) is 6.92 Å². The molecule has 3 aliphatic heterocycles. The molecule has 1 unspecified atom stereocenters. The van der Waals surface area contributed by atoms with Crippen molar-refractivity contribution in [3.63, 3.8) is 0 Å². The van der Waals surface area contributed by atoms with E-state index in [4.69, 9.17) is 35.5 Å². The van der Waals surface area contributed by atoms with Crippen LogP contribution in [0.25, 0.3) is 22.4 Å². The SMILES string of the molecule is Cc1nnc(-c2ccc3c(c2)nc(CN2CCC(c4cccc5c4OC(C)(c4ccc(Cl)cn4)O5)CC2)n3C[C@@H]2CCO2)n1COCC[Si](C)(C)C. The molecule has 11 nitrogen and oxygen atoms in total. The van der Waals surface area contributed by atoms with Crippen LogP contribution < -0.4 is 9.47 Å². The molecule has 0 saturated carbocycles. The molecule has 5 aromatic rings. The predicted octanol–water partition coefficient (Wildman–Crippen LogP) is 7.78. The Labute approximate surface area is 311 Å². The molecule has 3 aromatic heterocycles. The van der Waals surface area contributed by atoms with E-state index in [1.54, 1.807) is 6.20 Å². The van der Waals surface area contributed by atoms with Crippen molar-refractivity contribution in [2.75, 3.05) is 26.3 Å². The summed E-state index contributed by atoms with van der Waals surface area (Å²) < 4.78 is 29.3. The maximum Gasteiger partial charge on any atom is 0.292 e. The minimum Gasteiger partial charge on any atom is -0.443 e. The van der Waals surface area contributed by atoms with E-state index in [0.29, 0.717) is 23.4 Å². The molecule has 2 fully saturated rings. The Morgan fingerprint density at radius 3 is 2.56 bits per heavy atom. The van der Waals surface area contributed by atoms with Gasteiger partial charge in [-0.2, -0.15) is 0 Å². The minimum atomic E-state index is -1.17. The van der Waals surface area contributed by atoms with Crippen molar-refractivity contribution < 1.29 is 18.9 Å². The Bertz CT molecular complexity index is 2050. The number of rotatable bonds is 12. The summed E-state index contributed by atoms with van der Waals surface area (Å²) in [5.41, 5.74) is 4.96. The highest BCUT2D eigenvalue weighted by atomic mass is 35.5. The van der Waals surface area contributed by atoms with E-state index in [-0.39, 0.29) is 6.10 Å². The van der Waals surface area contributed by atoms with Crippen molar-refractivity contribution in [2.24, 2.45) is 0 Å². The molecule has 0 radical (unpaired) electrons. The first-order chi connectivity index (χ1) is 25.0. The highest BCUT2D eigenvalue weighted by molar-refractivity contribution is 6.76. The molecule has 2 saturated heterocycles. The van der Waals surface area contributed by atoms with E-state index < -0.39 is 13.9 Å². The van der Waals surface area contributed by atoms with E-state index in [1.165, 1.54) is 5.56 Å². The summed E-state index contributed by atoms with van der Waals surface area (Å²) in [5.74, 6) is 3.65. The number of aromatic nitrogens is 6. The summed E-state index contributed by atoms with van der Waals surface area (Å²) in [6.07, 6.45) is 4.95. The predicted molar refractivity (Wildman–Crippen MR) is 203 cm³/mol. The average Bonchev–Trinajstić information content (AvgIpc) is 3.76. The lowest BCUT2D eigenvalue weighted by atomic mass is 9.88. The molecule has 274 valence electrons. The second-order valence-electron chi connectivity index (χ2n) is 15.7. The fraction of sp³-hybridized carbons (Fsp3) is 0.487. The average molecular weight is 742 g/mol. The van der Waals surface area contributed by atoms with Gasteiger partial charge in [-0.1, -0.05) is 43.4 Å². The molecule has 0 amide bonds. The largest absolute Gasteiger partial charge is 0.443 e. The van der Waals surface area contributed by atoms with Crippen LogP contribution in [0.15, 0.2) is 54.7 Å². The maximum absolute atomic E-state index is 6.53. The number of aryl methyl sites for hydroxylation is 1. The number of nitrogens with zero attached hydrogens (tertiary/aromatic N) is 7. The molecule has 0 spiro atoms. The normalized spacial score (nSPS) is 20.8. The van der Waals surface area contributed by atoms with Gasteiger partial charge in [0, 0.05) is 45.5 Å². The standard InChI is InChI=1S/C39H48ClN7O4Si/c1-26-43-44-38(47(26)25-48-19-20-52(3,4)5)28-9-11-33-32(21-28)42-36(46(33)23-30-15-18-49-30)24-45-16-13-27(14-17-45)31-7-6-8-34-37(31)51-39(2,50-34)35-12-10-29(40)22-41-35/h6-12,21-22,27,30H,13-20,23-25H2,1-5H3/t30-,39?/m0/s1.